The quantitative estimate of drug-likeness (QED) is 0.211. The van der Waals surface area contributed by atoms with Crippen LogP contribution in [0.1, 0.15) is 83.9 Å². The van der Waals surface area contributed by atoms with Crippen molar-refractivity contribution < 1.29 is 19.1 Å². The molecule has 3 amide bonds. The maximum atomic E-state index is 13.7. The van der Waals surface area contributed by atoms with Gasteiger partial charge in [0.15, 0.2) is 0 Å². The minimum absolute atomic E-state index is 0.0571. The standard InChI is InChI=1S/C27H41N3O4S/c1-7-10-12-17-28-24(31)23(21-15-13-20(9-3)14-16-21)30(18-11-8-2)25(32)22(19-35)29-26(33)34-27(4,5)6/h3,13-16,22-23,35H,7-8,10-12,17-19H2,1-2,4-6H3,(H,28,31)(H,29,33). The second-order valence-corrected chi connectivity index (χ2v) is 9.80. The molecule has 2 unspecified atom stereocenters. The van der Waals surface area contributed by atoms with E-state index in [0.29, 0.717) is 30.6 Å². The SMILES string of the molecule is C#Cc1ccc(C(C(=O)NCCCCC)N(CCCC)C(=O)C(CS)NC(=O)OC(C)(C)C)cc1. The normalized spacial score (nSPS) is 12.7. The highest BCUT2D eigenvalue weighted by Crippen LogP contribution is 2.24. The number of amides is 3. The lowest BCUT2D eigenvalue weighted by Crippen LogP contribution is -2.54. The van der Waals surface area contributed by atoms with Gasteiger partial charge in [-0.2, -0.15) is 12.6 Å². The molecule has 1 aromatic rings. The van der Waals surface area contributed by atoms with E-state index in [1.54, 1.807) is 45.0 Å². The summed E-state index contributed by atoms with van der Waals surface area (Å²) in [6.07, 6.45) is 9.20. The summed E-state index contributed by atoms with van der Waals surface area (Å²) in [5.41, 5.74) is 0.620. The van der Waals surface area contributed by atoms with Crippen LogP contribution in [0.3, 0.4) is 0 Å². The Morgan fingerprint density at radius 2 is 1.71 bits per heavy atom. The fourth-order valence-corrected chi connectivity index (χ4v) is 3.70. The van der Waals surface area contributed by atoms with Crippen molar-refractivity contribution in [2.75, 3.05) is 18.8 Å². The van der Waals surface area contributed by atoms with Crippen molar-refractivity contribution in [3.8, 4) is 12.3 Å². The lowest BCUT2D eigenvalue weighted by Gasteiger charge is -2.34. The van der Waals surface area contributed by atoms with Crippen molar-refractivity contribution in [2.24, 2.45) is 0 Å². The molecule has 0 spiro atoms. The van der Waals surface area contributed by atoms with Crippen LogP contribution in [-0.2, 0) is 14.3 Å². The molecule has 1 rings (SSSR count). The minimum Gasteiger partial charge on any atom is -0.444 e. The first-order valence-electron chi connectivity index (χ1n) is 12.3. The van der Waals surface area contributed by atoms with Crippen molar-refractivity contribution in [3.63, 3.8) is 0 Å². The zero-order valence-electron chi connectivity index (χ0n) is 21.7. The Hall–Kier alpha value is -2.66. The van der Waals surface area contributed by atoms with Crippen molar-refractivity contribution in [2.45, 2.75) is 84.4 Å². The number of rotatable bonds is 13. The lowest BCUT2D eigenvalue weighted by molar-refractivity contribution is -0.142. The van der Waals surface area contributed by atoms with Gasteiger partial charge in [0, 0.05) is 24.4 Å². The highest BCUT2D eigenvalue weighted by atomic mass is 32.1. The summed E-state index contributed by atoms with van der Waals surface area (Å²) in [4.78, 5) is 41.0. The molecule has 0 radical (unpaired) electrons. The molecule has 7 nitrogen and oxygen atoms in total. The minimum atomic E-state index is -0.953. The summed E-state index contributed by atoms with van der Waals surface area (Å²) in [6, 6.07) is 5.23. The molecule has 0 fully saturated rings. The topological polar surface area (TPSA) is 87.7 Å². The molecular weight excluding hydrogens is 462 g/mol. The van der Waals surface area contributed by atoms with Crippen LogP contribution < -0.4 is 10.6 Å². The van der Waals surface area contributed by atoms with Gasteiger partial charge in [0.1, 0.15) is 17.7 Å². The van der Waals surface area contributed by atoms with Gasteiger partial charge in [-0.15, -0.1) is 6.42 Å². The number of carbonyl (C=O) groups excluding carboxylic acids is 3. The number of alkyl carbamates (subject to hydrolysis) is 1. The second-order valence-electron chi connectivity index (χ2n) is 9.43. The van der Waals surface area contributed by atoms with E-state index in [4.69, 9.17) is 11.2 Å². The van der Waals surface area contributed by atoms with Crippen LogP contribution >= 0.6 is 12.6 Å². The molecule has 2 N–H and O–H groups in total. The molecule has 194 valence electrons. The summed E-state index contributed by atoms with van der Waals surface area (Å²) in [6.45, 7) is 10.2. The van der Waals surface area contributed by atoms with Gasteiger partial charge in [-0.25, -0.2) is 4.79 Å². The molecular formula is C27H41N3O4S. The van der Waals surface area contributed by atoms with Crippen LogP contribution in [0.25, 0.3) is 0 Å². The Kier molecular flexibility index (Phi) is 13.3. The summed E-state index contributed by atoms with van der Waals surface area (Å²) in [5, 5.41) is 5.60. The maximum Gasteiger partial charge on any atom is 0.408 e. The molecule has 0 saturated heterocycles. The Labute approximate surface area is 216 Å². The number of nitrogens with zero attached hydrogens (tertiary/aromatic N) is 1. The van der Waals surface area contributed by atoms with E-state index < -0.39 is 29.7 Å². The number of ether oxygens (including phenoxy) is 1. The van der Waals surface area contributed by atoms with Crippen molar-refractivity contribution >= 4 is 30.5 Å². The number of thiol groups is 1. The third-order valence-corrected chi connectivity index (χ3v) is 5.61. The van der Waals surface area contributed by atoms with Crippen molar-refractivity contribution in [1.29, 1.82) is 0 Å². The molecule has 0 aliphatic heterocycles. The maximum absolute atomic E-state index is 13.7. The average Bonchev–Trinajstić information content (AvgIpc) is 2.81. The summed E-state index contributed by atoms with van der Waals surface area (Å²) < 4.78 is 5.32. The first-order chi connectivity index (χ1) is 16.6. The Balaban J connectivity index is 3.31. The number of terminal acetylenes is 1. The van der Waals surface area contributed by atoms with Gasteiger partial charge in [-0.1, -0.05) is 51.2 Å². The fraction of sp³-hybridized carbons (Fsp3) is 0.593. The van der Waals surface area contributed by atoms with Gasteiger partial charge in [-0.05, 0) is 51.3 Å². The molecule has 0 saturated carbocycles. The number of hydrogen-bond donors (Lipinski definition) is 3. The van der Waals surface area contributed by atoms with Crippen LogP contribution in [0.2, 0.25) is 0 Å². The van der Waals surface area contributed by atoms with Crippen LogP contribution in [0.4, 0.5) is 4.79 Å². The third kappa shape index (κ3) is 10.6. The van der Waals surface area contributed by atoms with Crippen LogP contribution in [0.15, 0.2) is 24.3 Å². The molecule has 8 heteroatoms. The third-order valence-electron chi connectivity index (χ3n) is 5.24. The average molecular weight is 504 g/mol. The van der Waals surface area contributed by atoms with E-state index >= 15 is 0 Å². The van der Waals surface area contributed by atoms with Gasteiger partial charge >= 0.3 is 6.09 Å². The van der Waals surface area contributed by atoms with E-state index in [-0.39, 0.29) is 11.7 Å². The first kappa shape index (κ1) is 30.4. The van der Waals surface area contributed by atoms with Crippen molar-refractivity contribution in [1.82, 2.24) is 15.5 Å². The van der Waals surface area contributed by atoms with Crippen LogP contribution in [0, 0.1) is 12.3 Å². The smallest absolute Gasteiger partial charge is 0.408 e. The molecule has 0 bridgehead atoms. The van der Waals surface area contributed by atoms with Crippen LogP contribution in [0.5, 0.6) is 0 Å². The Morgan fingerprint density at radius 1 is 1.09 bits per heavy atom. The number of hydrogen-bond acceptors (Lipinski definition) is 5. The second kappa shape index (κ2) is 15.4. The molecule has 0 aromatic heterocycles. The summed E-state index contributed by atoms with van der Waals surface area (Å²) >= 11 is 4.30. The number of carbonyl (C=O) groups is 3. The van der Waals surface area contributed by atoms with E-state index in [9.17, 15) is 14.4 Å². The van der Waals surface area contributed by atoms with Gasteiger partial charge < -0.3 is 20.3 Å². The highest BCUT2D eigenvalue weighted by molar-refractivity contribution is 7.80. The number of benzene rings is 1. The lowest BCUT2D eigenvalue weighted by atomic mass is 10.0. The van der Waals surface area contributed by atoms with Gasteiger partial charge in [-0.3, -0.25) is 9.59 Å². The van der Waals surface area contributed by atoms with Gasteiger partial charge in [0.25, 0.3) is 0 Å². The summed E-state index contributed by atoms with van der Waals surface area (Å²) in [5.74, 6) is 1.97. The predicted molar refractivity (Wildman–Crippen MR) is 143 cm³/mol. The van der Waals surface area contributed by atoms with E-state index in [1.165, 1.54) is 4.90 Å². The van der Waals surface area contributed by atoms with Gasteiger partial charge in [0.2, 0.25) is 11.8 Å². The summed E-state index contributed by atoms with van der Waals surface area (Å²) in [7, 11) is 0. The largest absolute Gasteiger partial charge is 0.444 e. The number of unbranched alkanes of at least 4 members (excludes halogenated alkanes) is 3. The van der Waals surface area contributed by atoms with E-state index in [1.807, 2.05) is 6.92 Å². The van der Waals surface area contributed by atoms with E-state index in [2.05, 4.69) is 36.1 Å². The molecule has 0 aliphatic carbocycles. The Morgan fingerprint density at radius 3 is 2.23 bits per heavy atom. The fourth-order valence-electron chi connectivity index (χ4n) is 3.45. The molecule has 2 atom stereocenters. The van der Waals surface area contributed by atoms with Gasteiger partial charge in [0.05, 0.1) is 0 Å². The van der Waals surface area contributed by atoms with E-state index in [0.717, 1.165) is 25.7 Å². The van der Waals surface area contributed by atoms with Crippen LogP contribution in [-0.4, -0.2) is 53.3 Å². The Bertz CT molecular complexity index is 859. The number of nitrogens with one attached hydrogen (secondary N) is 2. The molecule has 0 heterocycles. The zero-order valence-corrected chi connectivity index (χ0v) is 22.6. The zero-order chi connectivity index (χ0) is 26.4. The highest BCUT2D eigenvalue weighted by Gasteiger charge is 2.35. The first-order valence-corrected chi connectivity index (χ1v) is 13.0. The predicted octanol–water partition coefficient (Wildman–Crippen LogP) is 4.47. The monoisotopic (exact) mass is 503 g/mol. The van der Waals surface area contributed by atoms with Crippen molar-refractivity contribution in [3.05, 3.63) is 35.4 Å². The molecule has 0 aliphatic rings. The molecule has 35 heavy (non-hydrogen) atoms. The molecule has 1 aromatic carbocycles.